The van der Waals surface area contributed by atoms with Gasteiger partial charge in [0.15, 0.2) is 0 Å². The van der Waals surface area contributed by atoms with Crippen LogP contribution in [0.1, 0.15) is 44.7 Å². The van der Waals surface area contributed by atoms with Crippen LogP contribution in [0.2, 0.25) is 0 Å². The zero-order valence-electron chi connectivity index (χ0n) is 18.3. The Morgan fingerprint density at radius 3 is 2.74 bits per heavy atom. The zero-order chi connectivity index (χ0) is 22.4. The lowest BCUT2D eigenvalue weighted by Crippen LogP contribution is -2.45. The van der Waals surface area contributed by atoms with E-state index >= 15 is 0 Å². The average Bonchev–Trinajstić information content (AvgIpc) is 2.89. The molecule has 2 amide bonds. The van der Waals surface area contributed by atoms with Crippen molar-refractivity contribution >= 4 is 17.8 Å². The summed E-state index contributed by atoms with van der Waals surface area (Å²) in [4.78, 5) is 25.7. The van der Waals surface area contributed by atoms with Gasteiger partial charge in [0.1, 0.15) is 24.1 Å². The molecule has 166 valence electrons. The molecular weight excluding hydrogens is 398 g/mol. The van der Waals surface area contributed by atoms with Crippen molar-refractivity contribution in [3.8, 4) is 5.75 Å². The SMILES string of the molecule is CC(C)(C)OC(=O)N(CCCOc1ccc2c(c1)CNC(=O)CC2)c1cccc[n+]1O. The summed E-state index contributed by atoms with van der Waals surface area (Å²) in [5.74, 6) is 1.09. The lowest BCUT2D eigenvalue weighted by Gasteiger charge is -2.22. The Labute approximate surface area is 182 Å². The first-order valence-electron chi connectivity index (χ1n) is 10.4. The second-order valence-electron chi connectivity index (χ2n) is 8.44. The number of pyridine rings is 1. The van der Waals surface area contributed by atoms with E-state index in [0.717, 1.165) is 28.0 Å². The number of aromatic nitrogens is 1. The Hall–Kier alpha value is -3.29. The van der Waals surface area contributed by atoms with E-state index < -0.39 is 11.7 Å². The summed E-state index contributed by atoms with van der Waals surface area (Å²) >= 11 is 0. The molecule has 2 aromatic rings. The summed E-state index contributed by atoms with van der Waals surface area (Å²) in [5, 5.41) is 13.0. The first kappa shape index (κ1) is 22.4. The topological polar surface area (TPSA) is 92.0 Å². The van der Waals surface area contributed by atoms with E-state index in [1.807, 2.05) is 18.2 Å². The van der Waals surface area contributed by atoms with Gasteiger partial charge < -0.3 is 20.0 Å². The Kier molecular flexibility index (Phi) is 6.99. The van der Waals surface area contributed by atoms with Gasteiger partial charge in [0.2, 0.25) is 5.91 Å². The largest absolute Gasteiger partial charge is 0.507 e. The predicted molar refractivity (Wildman–Crippen MR) is 114 cm³/mol. The fraction of sp³-hybridized carbons (Fsp3) is 0.435. The van der Waals surface area contributed by atoms with Gasteiger partial charge in [0, 0.05) is 25.5 Å². The lowest BCUT2D eigenvalue weighted by atomic mass is 10.0. The van der Waals surface area contributed by atoms with Crippen LogP contribution in [0.3, 0.4) is 0 Å². The third-order valence-electron chi connectivity index (χ3n) is 4.78. The van der Waals surface area contributed by atoms with Gasteiger partial charge in [0.25, 0.3) is 0 Å². The van der Waals surface area contributed by atoms with Gasteiger partial charge in [0.05, 0.1) is 6.61 Å². The second kappa shape index (κ2) is 9.68. The maximum absolute atomic E-state index is 12.7. The summed E-state index contributed by atoms with van der Waals surface area (Å²) in [6, 6.07) is 10.9. The maximum Gasteiger partial charge on any atom is 0.507 e. The number of fused-ring (bicyclic) bond motifs is 1. The molecule has 1 aliphatic rings. The number of rotatable bonds is 6. The molecule has 0 saturated heterocycles. The van der Waals surface area contributed by atoms with Crippen molar-refractivity contribution < 1.29 is 29.0 Å². The van der Waals surface area contributed by atoms with E-state index in [9.17, 15) is 14.8 Å². The molecule has 2 N–H and O–H groups in total. The van der Waals surface area contributed by atoms with Gasteiger partial charge in [-0.25, -0.2) is 0 Å². The molecule has 0 fully saturated rings. The van der Waals surface area contributed by atoms with Crippen molar-refractivity contribution in [3.05, 3.63) is 53.7 Å². The van der Waals surface area contributed by atoms with Crippen LogP contribution in [0.5, 0.6) is 5.75 Å². The number of amides is 2. The van der Waals surface area contributed by atoms with Crippen LogP contribution >= 0.6 is 0 Å². The summed E-state index contributed by atoms with van der Waals surface area (Å²) in [7, 11) is 0. The quantitative estimate of drug-likeness (QED) is 0.419. The molecule has 1 aromatic heterocycles. The fourth-order valence-electron chi connectivity index (χ4n) is 3.30. The van der Waals surface area contributed by atoms with Crippen LogP contribution in [0, 0.1) is 0 Å². The van der Waals surface area contributed by atoms with Gasteiger partial charge >= 0.3 is 11.9 Å². The minimum absolute atomic E-state index is 0.0583. The molecule has 0 radical (unpaired) electrons. The van der Waals surface area contributed by atoms with E-state index in [1.54, 1.807) is 39.0 Å². The highest BCUT2D eigenvalue weighted by molar-refractivity contribution is 5.85. The van der Waals surface area contributed by atoms with Crippen molar-refractivity contribution in [2.45, 2.75) is 52.2 Å². The van der Waals surface area contributed by atoms with Crippen LogP contribution in [0.4, 0.5) is 10.6 Å². The van der Waals surface area contributed by atoms with E-state index in [-0.39, 0.29) is 5.91 Å². The molecule has 3 rings (SSSR count). The minimum Gasteiger partial charge on any atom is -0.493 e. The maximum atomic E-state index is 12.7. The van der Waals surface area contributed by atoms with Crippen LogP contribution in [0.25, 0.3) is 0 Å². The molecule has 8 nitrogen and oxygen atoms in total. The standard InChI is InChI=1S/C23H29N3O5/c1-23(2,3)31-22(28)25(21-7-4-5-13-26(21)29)12-6-14-30-19-10-8-17-9-11-20(27)24-16-18(17)15-19/h4-5,7-8,10,13,15H,6,9,11-12,14,16H2,1-3H3,(H-,24,27,29)/p+1. The highest BCUT2D eigenvalue weighted by Gasteiger charge is 2.32. The number of aryl methyl sites for hydroxylation is 1. The molecule has 8 heteroatoms. The van der Waals surface area contributed by atoms with E-state index in [0.29, 0.717) is 38.4 Å². The normalized spacial score (nSPS) is 13.6. The summed E-state index contributed by atoms with van der Waals surface area (Å²) in [6.45, 7) is 6.58. The molecule has 0 unspecified atom stereocenters. The summed E-state index contributed by atoms with van der Waals surface area (Å²) < 4.78 is 12.3. The van der Waals surface area contributed by atoms with E-state index in [2.05, 4.69) is 5.32 Å². The van der Waals surface area contributed by atoms with E-state index in [4.69, 9.17) is 9.47 Å². The number of ether oxygens (including phenoxy) is 2. The number of hydrogen-bond donors (Lipinski definition) is 2. The summed E-state index contributed by atoms with van der Waals surface area (Å²) in [6.07, 6.45) is 2.67. The molecule has 0 atom stereocenters. The number of nitrogens with zero attached hydrogens (tertiary/aromatic N) is 2. The number of anilines is 1. The molecule has 0 spiro atoms. The van der Waals surface area contributed by atoms with Crippen molar-refractivity contribution in [2.75, 3.05) is 18.1 Å². The van der Waals surface area contributed by atoms with Crippen LogP contribution in [0.15, 0.2) is 42.6 Å². The monoisotopic (exact) mass is 428 g/mol. The molecule has 0 bridgehead atoms. The van der Waals surface area contributed by atoms with Crippen molar-refractivity contribution in [3.63, 3.8) is 0 Å². The Morgan fingerprint density at radius 2 is 2.00 bits per heavy atom. The number of carbonyl (C=O) groups excluding carboxylic acids is 2. The number of benzene rings is 1. The van der Waals surface area contributed by atoms with Crippen LogP contribution in [-0.4, -0.2) is 36.0 Å². The number of nitrogens with one attached hydrogen (secondary N) is 1. The number of hydrogen-bond acceptors (Lipinski definition) is 5. The third-order valence-corrected chi connectivity index (χ3v) is 4.78. The Balaban J connectivity index is 1.61. The van der Waals surface area contributed by atoms with Crippen molar-refractivity contribution in [1.29, 1.82) is 0 Å². The Bertz CT molecular complexity index is 939. The van der Waals surface area contributed by atoms with Gasteiger partial charge in [-0.05, 0) is 56.5 Å². The predicted octanol–water partition coefficient (Wildman–Crippen LogP) is 2.98. The fourth-order valence-corrected chi connectivity index (χ4v) is 3.30. The van der Waals surface area contributed by atoms with Crippen molar-refractivity contribution in [2.24, 2.45) is 0 Å². The first-order chi connectivity index (χ1) is 14.7. The summed E-state index contributed by atoms with van der Waals surface area (Å²) in [5.41, 5.74) is 1.56. The zero-order valence-corrected chi connectivity index (χ0v) is 18.3. The molecular formula is C23H30N3O5+. The molecule has 1 aromatic carbocycles. The number of carbonyl (C=O) groups is 2. The molecule has 31 heavy (non-hydrogen) atoms. The lowest BCUT2D eigenvalue weighted by molar-refractivity contribution is -0.894. The minimum atomic E-state index is -0.655. The highest BCUT2D eigenvalue weighted by Crippen LogP contribution is 2.22. The van der Waals surface area contributed by atoms with Crippen molar-refractivity contribution in [1.82, 2.24) is 5.32 Å². The van der Waals surface area contributed by atoms with Crippen LogP contribution < -0.4 is 19.7 Å². The van der Waals surface area contributed by atoms with Gasteiger partial charge in [-0.1, -0.05) is 16.9 Å². The molecule has 0 aliphatic carbocycles. The van der Waals surface area contributed by atoms with Crippen LogP contribution in [-0.2, 0) is 22.5 Å². The third kappa shape index (κ3) is 6.34. The second-order valence-corrected chi connectivity index (χ2v) is 8.44. The highest BCUT2D eigenvalue weighted by atomic mass is 16.6. The van der Waals surface area contributed by atoms with Gasteiger partial charge in [-0.15, -0.1) is 0 Å². The Morgan fingerprint density at radius 1 is 1.19 bits per heavy atom. The van der Waals surface area contributed by atoms with Gasteiger partial charge in [-0.3, -0.25) is 4.79 Å². The first-order valence-corrected chi connectivity index (χ1v) is 10.4. The molecule has 2 heterocycles. The van der Waals surface area contributed by atoms with E-state index in [1.165, 1.54) is 11.1 Å². The van der Waals surface area contributed by atoms with Gasteiger partial charge in [-0.2, -0.15) is 9.69 Å². The molecule has 1 aliphatic heterocycles. The smallest absolute Gasteiger partial charge is 0.493 e. The average molecular weight is 429 g/mol. The molecule has 0 saturated carbocycles.